The van der Waals surface area contributed by atoms with Gasteiger partial charge in [0.25, 0.3) is 0 Å². The van der Waals surface area contributed by atoms with E-state index in [-0.39, 0.29) is 5.69 Å². The largest absolute Gasteiger partial charge is 0.476 e. The van der Waals surface area contributed by atoms with Crippen molar-refractivity contribution in [3.8, 4) is 0 Å². The molecule has 1 aromatic rings. The summed E-state index contributed by atoms with van der Waals surface area (Å²) in [5.41, 5.74) is -0.0266. The molecule has 0 radical (unpaired) electrons. The first-order chi connectivity index (χ1) is 7.65. The molecule has 0 unspecified atom stereocenters. The fourth-order valence-corrected chi connectivity index (χ4v) is 1.61. The number of carboxylic acid groups (broad SMARTS) is 1. The number of aromatic carboxylic acids is 1. The van der Waals surface area contributed by atoms with E-state index in [0.29, 0.717) is 5.82 Å². The van der Waals surface area contributed by atoms with Gasteiger partial charge >= 0.3 is 5.97 Å². The minimum Gasteiger partial charge on any atom is -0.476 e. The lowest BCUT2D eigenvalue weighted by atomic mass is 10.4. The van der Waals surface area contributed by atoms with Crippen LogP contribution >= 0.6 is 11.8 Å². The van der Waals surface area contributed by atoms with Gasteiger partial charge in [-0.1, -0.05) is 0 Å². The molecule has 0 saturated carbocycles. The van der Waals surface area contributed by atoms with Gasteiger partial charge in [0.15, 0.2) is 5.69 Å². The summed E-state index contributed by atoms with van der Waals surface area (Å²) < 4.78 is 0. The molecular weight excluding hydrogens is 226 g/mol. The molecule has 6 heteroatoms. The maximum atomic E-state index is 10.6. The van der Waals surface area contributed by atoms with E-state index < -0.39 is 5.97 Å². The zero-order chi connectivity index (χ0) is 12.0. The number of thioether (sulfide) groups is 1. The maximum Gasteiger partial charge on any atom is 0.356 e. The van der Waals surface area contributed by atoms with Crippen LogP contribution < -0.4 is 4.90 Å². The second-order valence-corrected chi connectivity index (χ2v) is 4.32. The Hall–Kier alpha value is -1.30. The molecule has 16 heavy (non-hydrogen) atoms. The molecule has 1 heterocycles. The Morgan fingerprint density at radius 1 is 1.50 bits per heavy atom. The third kappa shape index (κ3) is 3.69. The highest BCUT2D eigenvalue weighted by Gasteiger charge is 2.07. The Labute approximate surface area is 98.9 Å². The standard InChI is InChI=1S/C10H15N3O2S/c1-13(4-3-5-16-2)9-7-11-8(6-12-9)10(14)15/h6-7H,3-5H2,1-2H3,(H,14,15). The summed E-state index contributed by atoms with van der Waals surface area (Å²) in [6.07, 6.45) is 5.91. The smallest absolute Gasteiger partial charge is 0.356 e. The molecule has 0 saturated heterocycles. The highest BCUT2D eigenvalue weighted by molar-refractivity contribution is 7.98. The van der Waals surface area contributed by atoms with Gasteiger partial charge in [-0.05, 0) is 18.4 Å². The van der Waals surface area contributed by atoms with Crippen molar-refractivity contribution in [3.63, 3.8) is 0 Å². The zero-order valence-electron chi connectivity index (χ0n) is 9.38. The van der Waals surface area contributed by atoms with Crippen LogP contribution in [0.15, 0.2) is 12.4 Å². The van der Waals surface area contributed by atoms with E-state index in [4.69, 9.17) is 5.11 Å². The summed E-state index contributed by atoms with van der Waals surface area (Å²) in [6, 6.07) is 0. The van der Waals surface area contributed by atoms with Crippen molar-refractivity contribution in [2.45, 2.75) is 6.42 Å². The number of rotatable bonds is 6. The predicted octanol–water partition coefficient (Wildman–Crippen LogP) is 1.36. The van der Waals surface area contributed by atoms with Gasteiger partial charge in [-0.15, -0.1) is 0 Å². The maximum absolute atomic E-state index is 10.6. The molecule has 0 aromatic carbocycles. The van der Waals surface area contributed by atoms with Gasteiger partial charge in [0.2, 0.25) is 0 Å². The number of anilines is 1. The summed E-state index contributed by atoms with van der Waals surface area (Å²) in [5.74, 6) is 0.750. The highest BCUT2D eigenvalue weighted by Crippen LogP contribution is 2.08. The molecule has 88 valence electrons. The minimum absolute atomic E-state index is 0.0266. The topological polar surface area (TPSA) is 66.3 Å². The van der Waals surface area contributed by atoms with Crippen LogP contribution in [0.5, 0.6) is 0 Å². The van der Waals surface area contributed by atoms with Crippen LogP contribution in [0.4, 0.5) is 5.82 Å². The Kier molecular flexibility index (Phi) is 5.04. The molecule has 0 spiro atoms. The second-order valence-electron chi connectivity index (χ2n) is 3.33. The van der Waals surface area contributed by atoms with Crippen molar-refractivity contribution >= 4 is 23.5 Å². The number of aromatic nitrogens is 2. The third-order valence-electron chi connectivity index (χ3n) is 2.09. The van der Waals surface area contributed by atoms with Crippen molar-refractivity contribution in [2.24, 2.45) is 0 Å². The minimum atomic E-state index is -1.05. The van der Waals surface area contributed by atoms with Gasteiger partial charge < -0.3 is 10.0 Å². The Balaban J connectivity index is 2.56. The van der Waals surface area contributed by atoms with E-state index in [0.717, 1.165) is 18.7 Å². The monoisotopic (exact) mass is 241 g/mol. The van der Waals surface area contributed by atoms with Gasteiger partial charge in [-0.3, -0.25) is 0 Å². The van der Waals surface area contributed by atoms with E-state index in [1.54, 1.807) is 11.8 Å². The van der Waals surface area contributed by atoms with Crippen molar-refractivity contribution in [2.75, 3.05) is 30.5 Å². The molecule has 0 aliphatic rings. The van der Waals surface area contributed by atoms with Crippen molar-refractivity contribution in [3.05, 3.63) is 18.1 Å². The SMILES string of the molecule is CSCCCN(C)c1cnc(C(=O)O)cn1. The summed E-state index contributed by atoms with van der Waals surface area (Å²) in [6.45, 7) is 0.891. The zero-order valence-corrected chi connectivity index (χ0v) is 10.2. The van der Waals surface area contributed by atoms with Crippen molar-refractivity contribution in [1.82, 2.24) is 9.97 Å². The summed E-state index contributed by atoms with van der Waals surface area (Å²) in [7, 11) is 1.92. The molecule has 1 aromatic heterocycles. The quantitative estimate of drug-likeness (QED) is 0.759. The van der Waals surface area contributed by atoms with Gasteiger partial charge in [0.1, 0.15) is 5.82 Å². The molecule has 0 atom stereocenters. The van der Waals surface area contributed by atoms with Crippen LogP contribution in [-0.4, -0.2) is 46.6 Å². The summed E-state index contributed by atoms with van der Waals surface area (Å²) in [5, 5.41) is 8.67. The second kappa shape index (κ2) is 6.32. The number of carboxylic acids is 1. The molecule has 0 aliphatic carbocycles. The van der Waals surface area contributed by atoms with E-state index >= 15 is 0 Å². The van der Waals surface area contributed by atoms with Crippen LogP contribution in [0.25, 0.3) is 0 Å². The normalized spacial score (nSPS) is 10.1. The van der Waals surface area contributed by atoms with Crippen molar-refractivity contribution in [1.29, 1.82) is 0 Å². The van der Waals surface area contributed by atoms with E-state index in [9.17, 15) is 4.79 Å². The summed E-state index contributed by atoms with van der Waals surface area (Å²) >= 11 is 1.80. The molecular formula is C10H15N3O2S. The molecule has 1 rings (SSSR count). The lowest BCUT2D eigenvalue weighted by molar-refractivity contribution is 0.0690. The van der Waals surface area contributed by atoms with Crippen LogP contribution in [0.3, 0.4) is 0 Å². The average Bonchev–Trinajstić information content (AvgIpc) is 2.29. The fourth-order valence-electron chi connectivity index (χ4n) is 1.19. The number of hydrogen-bond donors (Lipinski definition) is 1. The van der Waals surface area contributed by atoms with Gasteiger partial charge in [-0.25, -0.2) is 14.8 Å². The molecule has 1 N–H and O–H groups in total. The van der Waals surface area contributed by atoms with Crippen LogP contribution in [0.1, 0.15) is 16.9 Å². The molecule has 0 bridgehead atoms. The van der Waals surface area contributed by atoms with Crippen LogP contribution in [0.2, 0.25) is 0 Å². The molecule has 0 amide bonds. The first kappa shape index (κ1) is 12.8. The molecule has 5 nitrogen and oxygen atoms in total. The lowest BCUT2D eigenvalue weighted by Gasteiger charge is -2.17. The first-order valence-electron chi connectivity index (χ1n) is 4.90. The van der Waals surface area contributed by atoms with Gasteiger partial charge in [0, 0.05) is 13.6 Å². The lowest BCUT2D eigenvalue weighted by Crippen LogP contribution is -2.20. The average molecular weight is 241 g/mol. The van der Waals surface area contributed by atoms with Crippen molar-refractivity contribution < 1.29 is 9.90 Å². The Morgan fingerprint density at radius 3 is 2.75 bits per heavy atom. The molecule has 0 fully saturated rings. The van der Waals surface area contributed by atoms with Crippen LogP contribution in [0, 0.1) is 0 Å². The van der Waals surface area contributed by atoms with Gasteiger partial charge in [0.05, 0.1) is 12.4 Å². The van der Waals surface area contributed by atoms with Crippen LogP contribution in [-0.2, 0) is 0 Å². The highest BCUT2D eigenvalue weighted by atomic mass is 32.2. The third-order valence-corrected chi connectivity index (χ3v) is 2.79. The van der Waals surface area contributed by atoms with E-state index in [1.165, 1.54) is 12.4 Å². The Bertz CT molecular complexity index is 342. The van der Waals surface area contributed by atoms with Gasteiger partial charge in [-0.2, -0.15) is 11.8 Å². The fraction of sp³-hybridized carbons (Fsp3) is 0.500. The summed E-state index contributed by atoms with van der Waals surface area (Å²) in [4.78, 5) is 20.4. The van der Waals surface area contributed by atoms with E-state index in [2.05, 4.69) is 16.2 Å². The number of carbonyl (C=O) groups is 1. The number of hydrogen-bond acceptors (Lipinski definition) is 5. The predicted molar refractivity (Wildman–Crippen MR) is 65.3 cm³/mol. The molecule has 0 aliphatic heterocycles. The van der Waals surface area contributed by atoms with E-state index in [1.807, 2.05) is 11.9 Å². The first-order valence-corrected chi connectivity index (χ1v) is 6.30. The Morgan fingerprint density at radius 2 is 2.25 bits per heavy atom. The number of nitrogens with zero attached hydrogens (tertiary/aromatic N) is 3.